The van der Waals surface area contributed by atoms with Gasteiger partial charge in [0.25, 0.3) is 0 Å². The molecule has 0 aliphatic heterocycles. The minimum atomic E-state index is -5.00. The molecule has 0 aromatic rings. The van der Waals surface area contributed by atoms with Crippen LogP contribution in [0.15, 0.2) is 0 Å². The van der Waals surface area contributed by atoms with Gasteiger partial charge in [-0.25, -0.2) is 4.57 Å². The van der Waals surface area contributed by atoms with E-state index in [1.54, 1.807) is 0 Å². The summed E-state index contributed by atoms with van der Waals surface area (Å²) in [4.78, 5) is 22.9. The van der Waals surface area contributed by atoms with Crippen LogP contribution in [0.4, 0.5) is 0 Å². The van der Waals surface area contributed by atoms with Crippen molar-refractivity contribution in [1.82, 2.24) is 0 Å². The molecule has 1 aliphatic rings. The van der Waals surface area contributed by atoms with Crippen LogP contribution in [0.1, 0.15) is 174 Å². The Balaban J connectivity index is 2.39. The van der Waals surface area contributed by atoms with Crippen molar-refractivity contribution in [1.29, 1.82) is 0 Å². The number of carbonyl (C=O) groups excluding carboxylic acids is 1. The zero-order valence-electron chi connectivity index (χ0n) is 31.9. The van der Waals surface area contributed by atoms with Gasteiger partial charge in [-0.15, -0.1) is 0 Å². The van der Waals surface area contributed by atoms with Gasteiger partial charge in [0.1, 0.15) is 42.7 Å². The molecular formula is C38H75O12P. The molecule has 12 nitrogen and oxygen atoms in total. The Morgan fingerprint density at radius 2 is 0.922 bits per heavy atom. The van der Waals surface area contributed by atoms with Crippen LogP contribution in [0.3, 0.4) is 0 Å². The first kappa shape index (κ1) is 48.4. The molecule has 304 valence electrons. The fraction of sp³-hybridized carbons (Fsp3) is 0.974. The number of carbonyl (C=O) groups is 1. The van der Waals surface area contributed by atoms with Gasteiger partial charge in [-0.3, -0.25) is 13.8 Å². The van der Waals surface area contributed by atoms with Crippen LogP contribution in [0.25, 0.3) is 0 Å². The number of ether oxygens (including phenoxy) is 2. The first-order valence-corrected chi connectivity index (χ1v) is 21.9. The van der Waals surface area contributed by atoms with Crippen LogP contribution >= 0.6 is 7.82 Å². The summed E-state index contributed by atoms with van der Waals surface area (Å²) in [6, 6.07) is 0. The molecule has 8 atom stereocenters. The van der Waals surface area contributed by atoms with E-state index in [9.17, 15) is 39.8 Å². The van der Waals surface area contributed by atoms with Gasteiger partial charge in [0.2, 0.25) is 0 Å². The molecule has 13 heteroatoms. The van der Waals surface area contributed by atoms with Crippen molar-refractivity contribution < 1.29 is 58.3 Å². The quantitative estimate of drug-likeness (QED) is 0.0224. The van der Waals surface area contributed by atoms with Crippen molar-refractivity contribution in [2.24, 2.45) is 0 Å². The summed E-state index contributed by atoms with van der Waals surface area (Å²) in [7, 11) is -5.00. The Hall–Kier alpha value is -0.660. The Morgan fingerprint density at radius 1 is 0.549 bits per heavy atom. The number of aliphatic hydroxyl groups excluding tert-OH is 5. The van der Waals surface area contributed by atoms with Gasteiger partial charge < -0.3 is 39.9 Å². The van der Waals surface area contributed by atoms with Crippen LogP contribution in [-0.2, 0) is 27.9 Å². The maximum Gasteiger partial charge on any atom is 0.472 e. The lowest BCUT2D eigenvalue weighted by atomic mass is 9.85. The Labute approximate surface area is 308 Å². The summed E-state index contributed by atoms with van der Waals surface area (Å²) in [5.74, 6) is -0.479. The molecule has 0 radical (unpaired) electrons. The zero-order valence-corrected chi connectivity index (χ0v) is 32.8. The monoisotopic (exact) mass is 754 g/mol. The normalized spacial score (nSPS) is 24.0. The largest absolute Gasteiger partial charge is 0.472 e. The van der Waals surface area contributed by atoms with Gasteiger partial charge in [0.05, 0.1) is 13.2 Å². The molecule has 0 amide bonds. The summed E-state index contributed by atoms with van der Waals surface area (Å²) < 4.78 is 33.9. The molecule has 1 rings (SSSR count). The van der Waals surface area contributed by atoms with E-state index in [4.69, 9.17) is 18.5 Å². The number of unbranched alkanes of at least 4 members (excludes halogenated alkanes) is 22. The Morgan fingerprint density at radius 3 is 1.35 bits per heavy atom. The van der Waals surface area contributed by atoms with E-state index in [1.807, 2.05) is 0 Å². The molecule has 6 N–H and O–H groups in total. The predicted molar refractivity (Wildman–Crippen MR) is 198 cm³/mol. The van der Waals surface area contributed by atoms with Crippen molar-refractivity contribution in [2.75, 3.05) is 19.8 Å². The fourth-order valence-corrected chi connectivity index (χ4v) is 7.39. The first-order valence-electron chi connectivity index (χ1n) is 20.4. The minimum absolute atomic E-state index is 0.0692. The third-order valence-corrected chi connectivity index (χ3v) is 10.7. The second-order valence-electron chi connectivity index (χ2n) is 14.5. The third kappa shape index (κ3) is 23.7. The molecule has 1 saturated carbocycles. The highest BCUT2D eigenvalue weighted by Gasteiger charge is 2.51. The van der Waals surface area contributed by atoms with Gasteiger partial charge in [-0.2, -0.15) is 0 Å². The number of hydrogen-bond donors (Lipinski definition) is 6. The molecule has 0 aromatic carbocycles. The molecule has 0 bridgehead atoms. The van der Waals surface area contributed by atoms with E-state index in [0.29, 0.717) is 13.0 Å². The predicted octanol–water partition coefficient (Wildman–Crippen LogP) is 7.03. The number of phosphoric ester groups is 1. The smallest absolute Gasteiger partial charge is 0.457 e. The summed E-state index contributed by atoms with van der Waals surface area (Å²) in [5, 5.41) is 49.9. The molecule has 0 aromatic heterocycles. The van der Waals surface area contributed by atoms with Crippen LogP contribution in [0.2, 0.25) is 0 Å². The number of hydrogen-bond acceptors (Lipinski definition) is 11. The molecule has 0 spiro atoms. The first-order chi connectivity index (χ1) is 24.5. The standard InChI is InChI=1S/C38H75O12P/c1-3-5-7-9-11-13-14-15-16-17-18-19-20-22-24-26-28-47-29-31(49-32(39)27-25-23-21-12-10-8-6-4-2)30-48-51(45,46)50-38-36(43)34(41)33(40)35(42)37(38)44/h31,33-38,40-44H,3-30H2,1-2H3,(H,45,46)/t31-,33?,34-,35?,36?,37?,38?/m1/s1. The topological polar surface area (TPSA) is 192 Å². The average Bonchev–Trinajstić information content (AvgIpc) is 3.11. The van der Waals surface area contributed by atoms with Crippen LogP contribution in [-0.4, -0.2) is 98.9 Å². The van der Waals surface area contributed by atoms with Crippen molar-refractivity contribution in [3.63, 3.8) is 0 Å². The van der Waals surface area contributed by atoms with Crippen LogP contribution in [0, 0.1) is 0 Å². The lowest BCUT2D eigenvalue weighted by Gasteiger charge is -2.41. The summed E-state index contributed by atoms with van der Waals surface area (Å²) in [6.45, 7) is 4.22. The van der Waals surface area contributed by atoms with Gasteiger partial charge in [-0.1, -0.05) is 155 Å². The van der Waals surface area contributed by atoms with E-state index < -0.39 is 63.1 Å². The van der Waals surface area contributed by atoms with E-state index in [-0.39, 0.29) is 13.0 Å². The highest BCUT2D eigenvalue weighted by molar-refractivity contribution is 7.47. The van der Waals surface area contributed by atoms with Gasteiger partial charge in [-0.05, 0) is 12.8 Å². The van der Waals surface area contributed by atoms with E-state index >= 15 is 0 Å². The Bertz CT molecular complexity index is 864. The van der Waals surface area contributed by atoms with Crippen LogP contribution < -0.4 is 0 Å². The fourth-order valence-electron chi connectivity index (χ4n) is 6.41. The van der Waals surface area contributed by atoms with Crippen molar-refractivity contribution >= 4 is 13.8 Å². The second kappa shape index (κ2) is 30.6. The molecule has 0 saturated heterocycles. The maximum atomic E-state index is 12.7. The second-order valence-corrected chi connectivity index (χ2v) is 15.9. The molecule has 51 heavy (non-hydrogen) atoms. The van der Waals surface area contributed by atoms with E-state index in [2.05, 4.69) is 13.8 Å². The number of aliphatic hydroxyl groups is 5. The average molecular weight is 755 g/mol. The maximum absolute atomic E-state index is 12.7. The highest BCUT2D eigenvalue weighted by Crippen LogP contribution is 2.47. The van der Waals surface area contributed by atoms with E-state index in [1.165, 1.54) is 109 Å². The molecule has 6 unspecified atom stereocenters. The molecule has 1 aliphatic carbocycles. The lowest BCUT2D eigenvalue weighted by Crippen LogP contribution is -2.64. The molecular weight excluding hydrogens is 679 g/mol. The minimum Gasteiger partial charge on any atom is -0.457 e. The SMILES string of the molecule is CCCCCCCCCCCCCCCCCCOC[C@H](COP(=O)(O)OC1C(O)C(O)C(O)[C@@H](O)C1O)OC(=O)CCCCCCCCCC. The lowest BCUT2D eigenvalue weighted by molar-refractivity contribution is -0.220. The van der Waals surface area contributed by atoms with E-state index in [0.717, 1.165) is 38.5 Å². The highest BCUT2D eigenvalue weighted by atomic mass is 31.2. The summed E-state index contributed by atoms with van der Waals surface area (Å²) >= 11 is 0. The number of phosphoric acid groups is 1. The number of esters is 1. The van der Waals surface area contributed by atoms with Crippen LogP contribution in [0.5, 0.6) is 0 Å². The van der Waals surface area contributed by atoms with Gasteiger partial charge in [0.15, 0.2) is 0 Å². The molecule has 0 heterocycles. The van der Waals surface area contributed by atoms with Crippen molar-refractivity contribution in [2.45, 2.75) is 217 Å². The summed E-state index contributed by atoms with van der Waals surface area (Å²) in [6.07, 6.45) is 16.3. The summed E-state index contributed by atoms with van der Waals surface area (Å²) in [5.41, 5.74) is 0. The number of rotatable bonds is 34. The zero-order chi connectivity index (χ0) is 37.7. The third-order valence-electron chi connectivity index (χ3n) is 9.73. The Kier molecular flexibility index (Phi) is 29.1. The van der Waals surface area contributed by atoms with Crippen molar-refractivity contribution in [3.8, 4) is 0 Å². The van der Waals surface area contributed by atoms with Crippen molar-refractivity contribution in [3.05, 3.63) is 0 Å². The van der Waals surface area contributed by atoms with Gasteiger partial charge >= 0.3 is 13.8 Å². The molecule has 1 fully saturated rings. The van der Waals surface area contributed by atoms with Gasteiger partial charge in [0, 0.05) is 13.0 Å².